The summed E-state index contributed by atoms with van der Waals surface area (Å²) < 4.78 is 17.5. The third kappa shape index (κ3) is 4.65. The lowest BCUT2D eigenvalue weighted by Gasteiger charge is -2.29. The zero-order chi connectivity index (χ0) is 27.8. The Labute approximate surface area is 237 Å². The van der Waals surface area contributed by atoms with Gasteiger partial charge in [-0.25, -0.2) is 4.79 Å². The molecule has 1 aliphatic heterocycles. The molecule has 5 rings (SSSR count). The van der Waals surface area contributed by atoms with Crippen LogP contribution in [-0.2, 0) is 16.1 Å². The molecular weight excluding hydrogens is 615 g/mol. The minimum Gasteiger partial charge on any atom is -0.493 e. The quantitative estimate of drug-likeness (QED) is 0.156. The van der Waals surface area contributed by atoms with Crippen molar-refractivity contribution in [3.8, 4) is 11.5 Å². The number of carbonyl (C=O) groups excluding carboxylic acids is 2. The van der Waals surface area contributed by atoms with Crippen molar-refractivity contribution in [2.75, 3.05) is 14.2 Å². The number of Topliss-reactive ketones (excluding diaryl/α,β-unsaturated/α-hetero) is 1. The number of fused-ring (bicyclic) bond motifs is 2. The van der Waals surface area contributed by atoms with Crippen molar-refractivity contribution in [1.29, 1.82) is 0 Å². The number of non-ortho nitro benzene ring substituents is 1. The number of halogens is 1. The molecule has 0 amide bonds. The Morgan fingerprint density at radius 2 is 1.82 bits per heavy atom. The minimum absolute atomic E-state index is 0.0252. The highest BCUT2D eigenvalue weighted by atomic mass is 127. The number of nitro groups is 1. The summed E-state index contributed by atoms with van der Waals surface area (Å²) in [5, 5.41) is 14.4. The predicted octanol–water partition coefficient (Wildman–Crippen LogP) is 5.53. The van der Waals surface area contributed by atoms with Crippen LogP contribution in [0.2, 0.25) is 0 Å². The fraction of sp³-hybridized carbons (Fsp3) is 0.172. The summed E-state index contributed by atoms with van der Waals surface area (Å²) in [5.41, 5.74) is 4.67. The van der Waals surface area contributed by atoms with Crippen LogP contribution in [0.4, 0.5) is 5.69 Å². The summed E-state index contributed by atoms with van der Waals surface area (Å²) in [6.45, 7) is 1.86. The Morgan fingerprint density at radius 1 is 1.08 bits per heavy atom. The molecule has 3 aromatic carbocycles. The molecule has 0 spiro atoms. The van der Waals surface area contributed by atoms with Crippen molar-refractivity contribution in [2.45, 2.75) is 19.4 Å². The van der Waals surface area contributed by atoms with Crippen LogP contribution in [0, 0.1) is 13.7 Å². The van der Waals surface area contributed by atoms with Gasteiger partial charge in [0.1, 0.15) is 6.61 Å². The van der Waals surface area contributed by atoms with Crippen molar-refractivity contribution >= 4 is 45.7 Å². The van der Waals surface area contributed by atoms with E-state index in [0.29, 0.717) is 54.3 Å². The van der Waals surface area contributed by atoms with E-state index in [4.69, 9.17) is 14.2 Å². The zero-order valence-electron chi connectivity index (χ0n) is 21.2. The van der Waals surface area contributed by atoms with Gasteiger partial charge in [-0.1, -0.05) is 36.4 Å². The Bertz CT molecular complexity index is 1610. The number of ether oxygens (including phenoxy) is 3. The van der Waals surface area contributed by atoms with Crippen LogP contribution in [0.1, 0.15) is 39.9 Å². The second kappa shape index (κ2) is 10.5. The maximum absolute atomic E-state index is 13.6. The maximum atomic E-state index is 13.6. The van der Waals surface area contributed by atoms with E-state index in [2.05, 4.69) is 27.9 Å². The van der Waals surface area contributed by atoms with Crippen LogP contribution in [0.15, 0.2) is 77.5 Å². The first-order chi connectivity index (χ1) is 18.7. The number of esters is 1. The lowest BCUT2D eigenvalue weighted by atomic mass is 9.79. The van der Waals surface area contributed by atoms with Crippen molar-refractivity contribution in [3.05, 3.63) is 113 Å². The van der Waals surface area contributed by atoms with E-state index in [-0.39, 0.29) is 18.1 Å². The number of hydrogen-bond donors (Lipinski definition) is 1. The second-order valence-corrected chi connectivity index (χ2v) is 10.2. The first-order valence-corrected chi connectivity index (χ1v) is 13.0. The molecule has 0 unspecified atom stereocenters. The molecule has 3 aromatic rings. The molecule has 9 nitrogen and oxygen atoms in total. The van der Waals surface area contributed by atoms with Gasteiger partial charge in [0.25, 0.3) is 5.69 Å². The summed E-state index contributed by atoms with van der Waals surface area (Å²) in [5.74, 6) is -0.570. The second-order valence-electron chi connectivity index (χ2n) is 9.00. The molecule has 0 radical (unpaired) electrons. The molecular formula is C29H23IN2O7. The summed E-state index contributed by atoms with van der Waals surface area (Å²) in [7, 11) is 2.81. The highest BCUT2D eigenvalue weighted by Gasteiger charge is 2.43. The highest BCUT2D eigenvalue weighted by Crippen LogP contribution is 2.48. The van der Waals surface area contributed by atoms with Gasteiger partial charge in [-0.05, 0) is 52.8 Å². The number of benzene rings is 3. The molecule has 198 valence electrons. The number of nitrogens with one attached hydrogen (secondary N) is 1. The van der Waals surface area contributed by atoms with Gasteiger partial charge in [0.15, 0.2) is 17.3 Å². The first-order valence-electron chi connectivity index (χ1n) is 11.9. The van der Waals surface area contributed by atoms with Crippen molar-refractivity contribution in [1.82, 2.24) is 5.32 Å². The molecule has 10 heteroatoms. The SMILES string of the molecule is COC(=O)C1=C(C)NC2=C(C(=O)c3ccccc32)[C@H]1c1cc(I)c(OCc2cccc([N+](=O)[O-])c2)c(OC)c1. The number of hydrogen-bond acceptors (Lipinski definition) is 8. The van der Waals surface area contributed by atoms with E-state index in [9.17, 15) is 19.7 Å². The van der Waals surface area contributed by atoms with Crippen LogP contribution >= 0.6 is 22.6 Å². The van der Waals surface area contributed by atoms with E-state index in [1.54, 1.807) is 31.2 Å². The number of nitrogens with zero attached hydrogens (tertiary/aromatic N) is 1. The van der Waals surface area contributed by atoms with Crippen LogP contribution in [0.3, 0.4) is 0 Å². The van der Waals surface area contributed by atoms with Crippen LogP contribution in [-0.4, -0.2) is 30.9 Å². The van der Waals surface area contributed by atoms with Gasteiger partial charge in [0.2, 0.25) is 0 Å². The molecule has 0 saturated carbocycles. The molecule has 0 bridgehead atoms. The van der Waals surface area contributed by atoms with Crippen molar-refractivity contribution in [3.63, 3.8) is 0 Å². The van der Waals surface area contributed by atoms with Crippen LogP contribution in [0.25, 0.3) is 5.70 Å². The normalized spacial score (nSPS) is 15.9. The number of ketones is 1. The predicted molar refractivity (Wildman–Crippen MR) is 151 cm³/mol. The molecule has 0 fully saturated rings. The molecule has 0 aromatic heterocycles. The summed E-state index contributed by atoms with van der Waals surface area (Å²) in [6.07, 6.45) is 0. The van der Waals surface area contributed by atoms with E-state index >= 15 is 0 Å². The van der Waals surface area contributed by atoms with Gasteiger partial charge in [-0.2, -0.15) is 0 Å². The van der Waals surface area contributed by atoms with Crippen molar-refractivity contribution in [2.24, 2.45) is 0 Å². The number of rotatable bonds is 7. The Hall–Kier alpha value is -4.19. The van der Waals surface area contributed by atoms with Crippen LogP contribution < -0.4 is 14.8 Å². The average molecular weight is 638 g/mol. The molecule has 1 atom stereocenters. The largest absolute Gasteiger partial charge is 0.493 e. The van der Waals surface area contributed by atoms with E-state index < -0.39 is 16.8 Å². The monoisotopic (exact) mass is 638 g/mol. The lowest BCUT2D eigenvalue weighted by Crippen LogP contribution is -2.29. The Balaban J connectivity index is 1.58. The topological polar surface area (TPSA) is 117 Å². The van der Waals surface area contributed by atoms with Gasteiger partial charge in [0, 0.05) is 40.4 Å². The fourth-order valence-corrected chi connectivity index (χ4v) is 5.79. The summed E-state index contributed by atoms with van der Waals surface area (Å²) in [6, 6.07) is 17.1. The van der Waals surface area contributed by atoms with Gasteiger partial charge >= 0.3 is 5.97 Å². The van der Waals surface area contributed by atoms with Gasteiger partial charge in [-0.15, -0.1) is 0 Å². The Morgan fingerprint density at radius 3 is 2.51 bits per heavy atom. The molecule has 2 aliphatic rings. The van der Waals surface area contributed by atoms with E-state index in [1.807, 2.05) is 24.3 Å². The van der Waals surface area contributed by atoms with Crippen molar-refractivity contribution < 1.29 is 28.7 Å². The van der Waals surface area contributed by atoms with Crippen LogP contribution in [0.5, 0.6) is 11.5 Å². The summed E-state index contributed by atoms with van der Waals surface area (Å²) in [4.78, 5) is 37.3. The maximum Gasteiger partial charge on any atom is 0.336 e. The Kier molecular flexibility index (Phi) is 7.13. The average Bonchev–Trinajstić information content (AvgIpc) is 3.22. The number of methoxy groups -OCH3 is 2. The molecule has 39 heavy (non-hydrogen) atoms. The zero-order valence-corrected chi connectivity index (χ0v) is 23.4. The number of allylic oxidation sites excluding steroid dienone is 2. The molecule has 1 heterocycles. The molecule has 0 saturated heterocycles. The molecule has 1 N–H and O–H groups in total. The van der Waals surface area contributed by atoms with Gasteiger partial charge < -0.3 is 19.5 Å². The number of nitro benzene ring substituents is 1. The van der Waals surface area contributed by atoms with Gasteiger partial charge in [-0.3, -0.25) is 14.9 Å². The highest BCUT2D eigenvalue weighted by molar-refractivity contribution is 14.1. The third-order valence-electron chi connectivity index (χ3n) is 6.74. The fourth-order valence-electron chi connectivity index (χ4n) is 5.00. The number of dihydropyridines is 1. The standard InChI is InChI=1S/C29H23IN2O7/c1-15-23(29(34)38-3)24(25-26(31-15)19-9-4-5-10-20(19)27(25)33)17-12-21(30)28(22(13-17)37-2)39-14-16-7-6-8-18(11-16)32(35)36/h4-13,24,31H,14H2,1-3H3/t24-/m0/s1. The molecule has 1 aliphatic carbocycles. The van der Waals surface area contributed by atoms with Gasteiger partial charge in [0.05, 0.1) is 34.0 Å². The van der Waals surface area contributed by atoms with E-state index in [1.165, 1.54) is 26.4 Å². The number of carbonyl (C=O) groups is 2. The smallest absolute Gasteiger partial charge is 0.336 e. The van der Waals surface area contributed by atoms with E-state index in [0.717, 1.165) is 5.56 Å². The summed E-state index contributed by atoms with van der Waals surface area (Å²) >= 11 is 2.11. The lowest BCUT2D eigenvalue weighted by molar-refractivity contribution is -0.384. The third-order valence-corrected chi connectivity index (χ3v) is 7.55. The minimum atomic E-state index is -0.707. The first kappa shape index (κ1) is 26.4.